The lowest BCUT2D eigenvalue weighted by Gasteiger charge is -2.01. The SMILES string of the molecule is Cc1ccc(-c2c(C)[nH]n(C)c2=O)cc1[N+](=O)[O-]. The van der Waals surface area contributed by atoms with Gasteiger partial charge in [-0.05, 0) is 19.4 Å². The molecule has 0 aliphatic rings. The zero-order valence-electron chi connectivity index (χ0n) is 10.4. The Morgan fingerprint density at radius 2 is 2.00 bits per heavy atom. The Bertz CT molecular complexity index is 682. The molecule has 94 valence electrons. The van der Waals surface area contributed by atoms with Crippen molar-refractivity contribution in [3.8, 4) is 11.1 Å². The first-order valence-corrected chi connectivity index (χ1v) is 5.43. The summed E-state index contributed by atoms with van der Waals surface area (Å²) in [5.41, 5.74) is 2.14. The maximum atomic E-state index is 11.9. The molecular formula is C12H13N3O3. The first-order valence-electron chi connectivity index (χ1n) is 5.43. The minimum absolute atomic E-state index is 0.0233. The number of hydrogen-bond acceptors (Lipinski definition) is 3. The Balaban J connectivity index is 2.69. The van der Waals surface area contributed by atoms with E-state index in [9.17, 15) is 14.9 Å². The van der Waals surface area contributed by atoms with Gasteiger partial charge in [0.1, 0.15) is 0 Å². The van der Waals surface area contributed by atoms with Gasteiger partial charge >= 0.3 is 0 Å². The van der Waals surface area contributed by atoms with Gasteiger partial charge in [0.15, 0.2) is 0 Å². The molecule has 0 fully saturated rings. The fourth-order valence-corrected chi connectivity index (χ4v) is 1.99. The number of rotatable bonds is 2. The largest absolute Gasteiger partial charge is 0.300 e. The third-order valence-corrected chi connectivity index (χ3v) is 2.92. The fourth-order valence-electron chi connectivity index (χ4n) is 1.99. The molecule has 0 unspecified atom stereocenters. The van der Waals surface area contributed by atoms with E-state index in [1.807, 2.05) is 0 Å². The molecule has 6 heteroatoms. The number of nitrogens with zero attached hydrogens (tertiary/aromatic N) is 2. The second-order valence-corrected chi connectivity index (χ2v) is 4.23. The molecule has 1 heterocycles. The fraction of sp³-hybridized carbons (Fsp3) is 0.250. The second kappa shape index (κ2) is 4.14. The Morgan fingerprint density at radius 3 is 2.50 bits per heavy atom. The van der Waals surface area contributed by atoms with Crippen LogP contribution in [0.2, 0.25) is 0 Å². The second-order valence-electron chi connectivity index (χ2n) is 4.23. The van der Waals surface area contributed by atoms with E-state index in [1.54, 1.807) is 33.0 Å². The van der Waals surface area contributed by atoms with Crippen molar-refractivity contribution in [3.63, 3.8) is 0 Å². The average Bonchev–Trinajstić information content (AvgIpc) is 2.54. The predicted octanol–water partition coefficient (Wildman–Crippen LogP) is 1.91. The van der Waals surface area contributed by atoms with E-state index >= 15 is 0 Å². The van der Waals surface area contributed by atoms with Gasteiger partial charge in [-0.25, -0.2) is 0 Å². The molecule has 0 aliphatic carbocycles. The van der Waals surface area contributed by atoms with Crippen molar-refractivity contribution in [3.05, 3.63) is 49.9 Å². The molecule has 1 N–H and O–H groups in total. The molecule has 18 heavy (non-hydrogen) atoms. The number of aromatic amines is 1. The van der Waals surface area contributed by atoms with Crippen molar-refractivity contribution in [1.29, 1.82) is 0 Å². The summed E-state index contributed by atoms with van der Waals surface area (Å²) in [7, 11) is 1.61. The number of aromatic nitrogens is 2. The summed E-state index contributed by atoms with van der Waals surface area (Å²) in [6.07, 6.45) is 0. The van der Waals surface area contributed by atoms with Gasteiger partial charge in [0.2, 0.25) is 0 Å². The summed E-state index contributed by atoms with van der Waals surface area (Å²) in [6.45, 7) is 3.44. The highest BCUT2D eigenvalue weighted by Crippen LogP contribution is 2.26. The van der Waals surface area contributed by atoms with Gasteiger partial charge in [-0.1, -0.05) is 12.1 Å². The normalized spacial score (nSPS) is 10.6. The van der Waals surface area contributed by atoms with Crippen LogP contribution in [0.5, 0.6) is 0 Å². The molecule has 0 saturated heterocycles. The number of aryl methyl sites for hydroxylation is 3. The monoisotopic (exact) mass is 247 g/mol. The van der Waals surface area contributed by atoms with Crippen LogP contribution < -0.4 is 5.56 Å². The number of nitro groups is 1. The molecule has 0 bridgehead atoms. The zero-order chi connectivity index (χ0) is 13.4. The molecule has 0 aliphatic heterocycles. The van der Waals surface area contributed by atoms with Gasteiger partial charge < -0.3 is 0 Å². The van der Waals surface area contributed by atoms with Crippen LogP contribution in [0, 0.1) is 24.0 Å². The summed E-state index contributed by atoms with van der Waals surface area (Å²) in [4.78, 5) is 22.4. The predicted molar refractivity (Wildman–Crippen MR) is 67.6 cm³/mol. The summed E-state index contributed by atoms with van der Waals surface area (Å²) >= 11 is 0. The number of benzene rings is 1. The summed E-state index contributed by atoms with van der Waals surface area (Å²) in [5, 5.41) is 13.8. The molecule has 0 radical (unpaired) electrons. The quantitative estimate of drug-likeness (QED) is 0.650. The van der Waals surface area contributed by atoms with Crippen LogP contribution in [-0.4, -0.2) is 14.7 Å². The smallest absolute Gasteiger partial charge is 0.274 e. The van der Waals surface area contributed by atoms with Crippen LogP contribution >= 0.6 is 0 Å². The summed E-state index contributed by atoms with van der Waals surface area (Å²) in [5.74, 6) is 0. The molecule has 2 rings (SSSR count). The highest BCUT2D eigenvalue weighted by Gasteiger charge is 2.16. The number of hydrogen-bond donors (Lipinski definition) is 1. The molecule has 0 amide bonds. The zero-order valence-corrected chi connectivity index (χ0v) is 10.4. The van der Waals surface area contributed by atoms with E-state index in [4.69, 9.17) is 0 Å². The lowest BCUT2D eigenvalue weighted by Crippen LogP contribution is -2.13. The molecule has 0 atom stereocenters. The Kier molecular flexibility index (Phi) is 2.78. The van der Waals surface area contributed by atoms with Gasteiger partial charge in [0.05, 0.1) is 10.5 Å². The standard InChI is InChI=1S/C12H13N3O3/c1-7-4-5-9(6-10(7)15(17)18)11-8(2)13-14(3)12(11)16/h4-6,13H,1-3H3. The van der Waals surface area contributed by atoms with E-state index in [1.165, 1.54) is 10.7 Å². The average molecular weight is 247 g/mol. The van der Waals surface area contributed by atoms with Crippen molar-refractivity contribution >= 4 is 5.69 Å². The van der Waals surface area contributed by atoms with Gasteiger partial charge in [0, 0.05) is 24.4 Å². The molecule has 1 aromatic heterocycles. The highest BCUT2D eigenvalue weighted by atomic mass is 16.6. The minimum Gasteiger partial charge on any atom is -0.300 e. The van der Waals surface area contributed by atoms with E-state index in [0.29, 0.717) is 22.4 Å². The number of nitro benzene ring substituents is 1. The van der Waals surface area contributed by atoms with Crippen LogP contribution in [0.1, 0.15) is 11.3 Å². The maximum absolute atomic E-state index is 11.9. The topological polar surface area (TPSA) is 80.9 Å². The van der Waals surface area contributed by atoms with Crippen molar-refractivity contribution < 1.29 is 4.92 Å². The number of H-pyrrole nitrogens is 1. The lowest BCUT2D eigenvalue weighted by atomic mass is 10.0. The van der Waals surface area contributed by atoms with Crippen molar-refractivity contribution in [1.82, 2.24) is 9.78 Å². The molecule has 0 spiro atoms. The Labute approximate surface area is 103 Å². The Hall–Kier alpha value is -2.37. The lowest BCUT2D eigenvalue weighted by molar-refractivity contribution is -0.385. The molecular weight excluding hydrogens is 234 g/mol. The van der Waals surface area contributed by atoms with E-state index in [2.05, 4.69) is 5.10 Å². The van der Waals surface area contributed by atoms with E-state index in [-0.39, 0.29) is 11.2 Å². The maximum Gasteiger partial charge on any atom is 0.274 e. The van der Waals surface area contributed by atoms with Crippen LogP contribution in [-0.2, 0) is 7.05 Å². The molecule has 6 nitrogen and oxygen atoms in total. The van der Waals surface area contributed by atoms with Gasteiger partial charge in [-0.2, -0.15) is 0 Å². The van der Waals surface area contributed by atoms with Crippen LogP contribution in [0.4, 0.5) is 5.69 Å². The minimum atomic E-state index is -0.439. The molecule has 0 saturated carbocycles. The first-order chi connectivity index (χ1) is 8.41. The van der Waals surface area contributed by atoms with Crippen molar-refractivity contribution in [2.75, 3.05) is 0 Å². The van der Waals surface area contributed by atoms with E-state index in [0.717, 1.165) is 0 Å². The molecule has 1 aromatic carbocycles. The highest BCUT2D eigenvalue weighted by molar-refractivity contribution is 5.68. The Morgan fingerprint density at radius 1 is 1.33 bits per heavy atom. The first kappa shape index (κ1) is 12.1. The summed E-state index contributed by atoms with van der Waals surface area (Å²) < 4.78 is 1.36. The van der Waals surface area contributed by atoms with Crippen molar-refractivity contribution in [2.45, 2.75) is 13.8 Å². The van der Waals surface area contributed by atoms with Gasteiger partial charge in [-0.3, -0.25) is 24.7 Å². The van der Waals surface area contributed by atoms with Crippen LogP contribution in [0.15, 0.2) is 23.0 Å². The van der Waals surface area contributed by atoms with Gasteiger partial charge in [-0.15, -0.1) is 0 Å². The van der Waals surface area contributed by atoms with Crippen LogP contribution in [0.3, 0.4) is 0 Å². The summed E-state index contributed by atoms with van der Waals surface area (Å²) in [6, 6.07) is 4.81. The van der Waals surface area contributed by atoms with Gasteiger partial charge in [0.25, 0.3) is 11.2 Å². The number of nitrogens with one attached hydrogen (secondary N) is 1. The van der Waals surface area contributed by atoms with Crippen molar-refractivity contribution in [2.24, 2.45) is 7.05 Å². The third kappa shape index (κ3) is 1.81. The van der Waals surface area contributed by atoms with Crippen LogP contribution in [0.25, 0.3) is 11.1 Å². The van der Waals surface area contributed by atoms with E-state index < -0.39 is 4.92 Å². The third-order valence-electron chi connectivity index (χ3n) is 2.92. The molecule has 2 aromatic rings.